The summed E-state index contributed by atoms with van der Waals surface area (Å²) in [5.74, 6) is 3.25. The molecule has 0 aliphatic heterocycles. The lowest BCUT2D eigenvalue weighted by atomic mass is 9.92. The van der Waals surface area contributed by atoms with Crippen LogP contribution in [0, 0.1) is 24.7 Å². The Labute approximate surface area is 285 Å². The van der Waals surface area contributed by atoms with E-state index in [4.69, 9.17) is 20.8 Å². The SMILES string of the molecule is Cc1nc2ccccc2c(=N)n1-c1c(C(C)C)cccc1C(C)C.Cc1nc2ccccc2c(=N)n1-c1c(C(C)C)cccc1C(C)C. The maximum absolute atomic E-state index is 8.82. The van der Waals surface area contributed by atoms with Crippen molar-refractivity contribution in [2.24, 2.45) is 0 Å². The van der Waals surface area contributed by atoms with Crippen molar-refractivity contribution in [3.8, 4) is 11.4 Å². The van der Waals surface area contributed by atoms with E-state index >= 15 is 0 Å². The summed E-state index contributed by atoms with van der Waals surface area (Å²) in [5, 5.41) is 19.4. The second kappa shape index (κ2) is 14.1. The van der Waals surface area contributed by atoms with E-state index in [0.717, 1.165) is 44.8 Å². The van der Waals surface area contributed by atoms with Crippen molar-refractivity contribution in [2.75, 3.05) is 0 Å². The summed E-state index contributed by atoms with van der Waals surface area (Å²) >= 11 is 0. The van der Waals surface area contributed by atoms with E-state index in [2.05, 4.69) is 91.8 Å². The molecule has 6 heteroatoms. The molecule has 6 nitrogen and oxygen atoms in total. The Bertz CT molecular complexity index is 2000. The molecule has 0 atom stereocenters. The van der Waals surface area contributed by atoms with Gasteiger partial charge in [-0.1, -0.05) is 116 Å². The fraction of sp³-hybridized carbons (Fsp3) is 0.333. The number of hydrogen-bond donors (Lipinski definition) is 2. The first-order valence-corrected chi connectivity index (χ1v) is 17.2. The molecule has 6 rings (SSSR count). The summed E-state index contributed by atoms with van der Waals surface area (Å²) < 4.78 is 4.04. The molecule has 0 aliphatic carbocycles. The molecule has 2 heterocycles. The Morgan fingerprint density at radius 1 is 0.438 bits per heavy atom. The third kappa shape index (κ3) is 6.49. The van der Waals surface area contributed by atoms with Crippen molar-refractivity contribution in [3.63, 3.8) is 0 Å². The lowest BCUT2D eigenvalue weighted by Gasteiger charge is -2.23. The molecule has 0 saturated carbocycles. The van der Waals surface area contributed by atoms with E-state index in [1.807, 2.05) is 71.5 Å². The molecule has 6 aromatic rings. The number of aryl methyl sites for hydroxylation is 2. The van der Waals surface area contributed by atoms with Crippen LogP contribution in [0.5, 0.6) is 0 Å². The summed E-state index contributed by atoms with van der Waals surface area (Å²) in [6, 6.07) is 28.7. The van der Waals surface area contributed by atoms with Gasteiger partial charge in [0, 0.05) is 10.8 Å². The fourth-order valence-corrected chi connectivity index (χ4v) is 6.64. The van der Waals surface area contributed by atoms with Gasteiger partial charge in [-0.25, -0.2) is 9.97 Å². The van der Waals surface area contributed by atoms with Crippen LogP contribution < -0.4 is 11.0 Å². The Kier molecular flexibility index (Phi) is 10.1. The lowest BCUT2D eigenvalue weighted by Crippen LogP contribution is -2.25. The Hall–Kier alpha value is -4.84. The van der Waals surface area contributed by atoms with Gasteiger partial charge in [0.05, 0.1) is 22.4 Å². The molecule has 2 aromatic heterocycles. The van der Waals surface area contributed by atoms with Crippen LogP contribution in [0.3, 0.4) is 0 Å². The van der Waals surface area contributed by atoms with Gasteiger partial charge in [0.2, 0.25) is 0 Å². The van der Waals surface area contributed by atoms with Gasteiger partial charge < -0.3 is 0 Å². The Morgan fingerprint density at radius 2 is 0.729 bits per heavy atom. The molecule has 0 fully saturated rings. The zero-order valence-electron chi connectivity index (χ0n) is 30.2. The predicted molar refractivity (Wildman–Crippen MR) is 200 cm³/mol. The second-order valence-corrected chi connectivity index (χ2v) is 13.9. The largest absolute Gasteiger partial charge is 0.283 e. The van der Waals surface area contributed by atoms with Crippen LogP contribution in [0.1, 0.15) is 113 Å². The van der Waals surface area contributed by atoms with Crippen LogP contribution in [0.4, 0.5) is 0 Å². The number of rotatable bonds is 6. The molecule has 0 bridgehead atoms. The lowest BCUT2D eigenvalue weighted by molar-refractivity contribution is 0.768. The third-order valence-electron chi connectivity index (χ3n) is 9.11. The third-order valence-corrected chi connectivity index (χ3v) is 9.11. The summed E-state index contributed by atoms with van der Waals surface area (Å²) in [5.41, 5.74) is 10.1. The highest BCUT2D eigenvalue weighted by Gasteiger charge is 2.20. The topological polar surface area (TPSA) is 83.3 Å². The number of nitrogens with zero attached hydrogens (tertiary/aromatic N) is 4. The van der Waals surface area contributed by atoms with Crippen molar-refractivity contribution in [1.29, 1.82) is 10.8 Å². The monoisotopic (exact) mass is 638 g/mol. The molecule has 248 valence electrons. The van der Waals surface area contributed by atoms with Gasteiger partial charge in [0.25, 0.3) is 0 Å². The standard InChI is InChI=1S/2C21H25N3/c2*1-13(2)16-10-8-11-17(14(3)4)20(16)24-15(5)23-19-12-7-6-9-18(19)21(24)22/h2*6-14,22H,1-5H3. The average Bonchev–Trinajstić information content (AvgIpc) is 3.04. The van der Waals surface area contributed by atoms with Gasteiger partial charge in [-0.2, -0.15) is 0 Å². The van der Waals surface area contributed by atoms with Crippen molar-refractivity contribution in [3.05, 3.63) is 130 Å². The molecule has 0 radical (unpaired) electrons. The molecule has 0 aliphatic rings. The smallest absolute Gasteiger partial charge is 0.140 e. The van der Waals surface area contributed by atoms with Crippen LogP contribution in [0.15, 0.2) is 84.9 Å². The highest BCUT2D eigenvalue weighted by Crippen LogP contribution is 2.32. The van der Waals surface area contributed by atoms with E-state index in [0.29, 0.717) is 34.6 Å². The zero-order valence-corrected chi connectivity index (χ0v) is 30.2. The summed E-state index contributed by atoms with van der Waals surface area (Å²) in [6.45, 7) is 21.6. The normalized spacial score (nSPS) is 11.6. The van der Waals surface area contributed by atoms with Crippen molar-refractivity contribution in [2.45, 2.75) is 92.9 Å². The molecule has 0 saturated heterocycles. The van der Waals surface area contributed by atoms with E-state index in [-0.39, 0.29) is 0 Å². The van der Waals surface area contributed by atoms with E-state index in [1.165, 1.54) is 22.3 Å². The highest BCUT2D eigenvalue weighted by molar-refractivity contribution is 5.78. The number of nitrogens with one attached hydrogen (secondary N) is 2. The first kappa shape index (κ1) is 34.5. The average molecular weight is 639 g/mol. The minimum Gasteiger partial charge on any atom is -0.283 e. The molecule has 0 amide bonds. The van der Waals surface area contributed by atoms with Crippen molar-refractivity contribution < 1.29 is 0 Å². The number of hydrogen-bond acceptors (Lipinski definition) is 4. The first-order valence-electron chi connectivity index (χ1n) is 17.2. The molecule has 4 aromatic carbocycles. The quantitative estimate of drug-likeness (QED) is 0.190. The molecule has 48 heavy (non-hydrogen) atoms. The molecule has 0 unspecified atom stereocenters. The predicted octanol–water partition coefficient (Wildman–Crippen LogP) is 10.1. The van der Waals surface area contributed by atoms with Crippen LogP contribution >= 0.6 is 0 Å². The van der Waals surface area contributed by atoms with Crippen LogP contribution in [-0.4, -0.2) is 19.1 Å². The van der Waals surface area contributed by atoms with E-state index in [1.54, 1.807) is 0 Å². The number of para-hydroxylation sites is 4. The summed E-state index contributed by atoms with van der Waals surface area (Å²) in [6.07, 6.45) is 0. The summed E-state index contributed by atoms with van der Waals surface area (Å²) in [4.78, 5) is 9.51. The van der Waals surface area contributed by atoms with Gasteiger partial charge in [0.15, 0.2) is 0 Å². The van der Waals surface area contributed by atoms with Gasteiger partial charge in [-0.3, -0.25) is 20.0 Å². The first-order chi connectivity index (χ1) is 22.8. The van der Waals surface area contributed by atoms with Crippen LogP contribution in [0.2, 0.25) is 0 Å². The van der Waals surface area contributed by atoms with Gasteiger partial charge in [-0.05, 0) is 84.0 Å². The molecular weight excluding hydrogens is 589 g/mol. The maximum atomic E-state index is 8.82. The van der Waals surface area contributed by atoms with Gasteiger partial charge in [-0.15, -0.1) is 0 Å². The zero-order chi connectivity index (χ0) is 34.9. The minimum atomic E-state index is 0.386. The van der Waals surface area contributed by atoms with Gasteiger partial charge in [0.1, 0.15) is 22.6 Å². The molecule has 0 spiro atoms. The van der Waals surface area contributed by atoms with E-state index < -0.39 is 0 Å². The number of fused-ring (bicyclic) bond motifs is 2. The second-order valence-electron chi connectivity index (χ2n) is 13.9. The Morgan fingerprint density at radius 3 is 1.02 bits per heavy atom. The summed E-state index contributed by atoms with van der Waals surface area (Å²) in [7, 11) is 0. The highest BCUT2D eigenvalue weighted by atomic mass is 15.1. The minimum absolute atomic E-state index is 0.386. The Balaban J connectivity index is 0.000000188. The van der Waals surface area contributed by atoms with Crippen LogP contribution in [0.25, 0.3) is 33.2 Å². The van der Waals surface area contributed by atoms with Crippen LogP contribution in [-0.2, 0) is 0 Å². The number of benzene rings is 4. The maximum Gasteiger partial charge on any atom is 0.140 e. The van der Waals surface area contributed by atoms with Crippen molar-refractivity contribution in [1.82, 2.24) is 19.1 Å². The number of aromatic nitrogens is 4. The molecular formula is C42H50N6. The van der Waals surface area contributed by atoms with Crippen molar-refractivity contribution >= 4 is 21.8 Å². The molecule has 2 N–H and O–H groups in total. The van der Waals surface area contributed by atoms with E-state index in [9.17, 15) is 0 Å². The fourth-order valence-electron chi connectivity index (χ4n) is 6.64. The van der Waals surface area contributed by atoms with Gasteiger partial charge >= 0.3 is 0 Å².